The molecule has 2 rings (SSSR count). The van der Waals surface area contributed by atoms with Crippen molar-refractivity contribution < 1.29 is 14.6 Å². The van der Waals surface area contributed by atoms with E-state index >= 15 is 0 Å². The number of rotatable bonds is 3. The number of thioether (sulfide) groups is 1. The summed E-state index contributed by atoms with van der Waals surface area (Å²) in [4.78, 5) is 21.8. The van der Waals surface area contributed by atoms with Crippen molar-refractivity contribution in [1.29, 1.82) is 0 Å². The highest BCUT2D eigenvalue weighted by atomic mass is 32.2. The molecule has 0 unspecified atom stereocenters. The number of ether oxygens (including phenoxy) is 1. The van der Waals surface area contributed by atoms with Crippen molar-refractivity contribution in [2.75, 3.05) is 13.4 Å². The number of nitrogens with zero attached hydrogens (tertiary/aromatic N) is 2. The molecule has 2 aromatic rings. The summed E-state index contributed by atoms with van der Waals surface area (Å²) in [6.07, 6.45) is 1.83. The van der Waals surface area contributed by atoms with Crippen LogP contribution in [-0.2, 0) is 0 Å². The summed E-state index contributed by atoms with van der Waals surface area (Å²) in [6.45, 7) is 0. The Morgan fingerprint density at radius 3 is 2.88 bits per heavy atom. The molecule has 0 saturated heterocycles. The first-order valence-corrected chi connectivity index (χ1v) is 5.60. The fourth-order valence-corrected chi connectivity index (χ4v) is 1.68. The maximum atomic E-state index is 10.8. The van der Waals surface area contributed by atoms with Gasteiger partial charge in [-0.15, -0.1) is 0 Å². The zero-order valence-corrected chi connectivity index (χ0v) is 9.46. The average Bonchev–Trinajstić information content (AvgIpc) is 2.71. The third-order valence-corrected chi connectivity index (χ3v) is 2.59. The van der Waals surface area contributed by atoms with Gasteiger partial charge in [0.05, 0.1) is 12.5 Å². The highest BCUT2D eigenvalue weighted by Gasteiger charge is 2.14. The van der Waals surface area contributed by atoms with Gasteiger partial charge in [-0.2, -0.15) is 4.98 Å². The normalized spacial score (nSPS) is 10.6. The SMILES string of the molecule is COc1nc(SC)nc2[nH]c(C(=O)O)cc12. The van der Waals surface area contributed by atoms with E-state index < -0.39 is 5.97 Å². The summed E-state index contributed by atoms with van der Waals surface area (Å²) in [5.41, 5.74) is 0.537. The lowest BCUT2D eigenvalue weighted by atomic mass is 10.3. The molecule has 84 valence electrons. The van der Waals surface area contributed by atoms with Gasteiger partial charge in [-0.1, -0.05) is 11.8 Å². The maximum absolute atomic E-state index is 10.8. The number of aromatic nitrogens is 3. The molecule has 0 spiro atoms. The van der Waals surface area contributed by atoms with Gasteiger partial charge >= 0.3 is 5.97 Å². The van der Waals surface area contributed by atoms with Gasteiger partial charge in [-0.05, 0) is 12.3 Å². The smallest absolute Gasteiger partial charge is 0.352 e. The van der Waals surface area contributed by atoms with E-state index in [1.54, 1.807) is 0 Å². The zero-order chi connectivity index (χ0) is 11.7. The third-order valence-electron chi connectivity index (χ3n) is 2.04. The molecule has 16 heavy (non-hydrogen) atoms. The monoisotopic (exact) mass is 239 g/mol. The van der Waals surface area contributed by atoms with Gasteiger partial charge in [0.1, 0.15) is 11.3 Å². The van der Waals surface area contributed by atoms with E-state index in [0.717, 1.165) is 0 Å². The first kappa shape index (κ1) is 10.7. The third kappa shape index (κ3) is 1.69. The van der Waals surface area contributed by atoms with Crippen LogP contribution in [0.25, 0.3) is 11.0 Å². The lowest BCUT2D eigenvalue weighted by Crippen LogP contribution is -1.95. The highest BCUT2D eigenvalue weighted by Crippen LogP contribution is 2.25. The van der Waals surface area contributed by atoms with Crippen LogP contribution in [0, 0.1) is 0 Å². The summed E-state index contributed by atoms with van der Waals surface area (Å²) in [6, 6.07) is 1.46. The second-order valence-corrected chi connectivity index (χ2v) is 3.74. The van der Waals surface area contributed by atoms with E-state index in [4.69, 9.17) is 9.84 Å². The summed E-state index contributed by atoms with van der Waals surface area (Å²) in [5, 5.41) is 9.95. The van der Waals surface area contributed by atoms with Crippen LogP contribution >= 0.6 is 11.8 Å². The van der Waals surface area contributed by atoms with Crippen LogP contribution in [0.4, 0.5) is 0 Å². The number of fused-ring (bicyclic) bond motifs is 1. The molecule has 0 saturated carbocycles. The highest BCUT2D eigenvalue weighted by molar-refractivity contribution is 7.98. The number of aromatic amines is 1. The minimum atomic E-state index is -1.04. The van der Waals surface area contributed by atoms with Crippen molar-refractivity contribution >= 4 is 28.8 Å². The molecule has 6 nitrogen and oxygen atoms in total. The number of carbonyl (C=O) groups is 1. The van der Waals surface area contributed by atoms with Crippen LogP contribution < -0.4 is 4.74 Å². The van der Waals surface area contributed by atoms with Crippen LogP contribution in [0.2, 0.25) is 0 Å². The quantitative estimate of drug-likeness (QED) is 0.621. The summed E-state index contributed by atoms with van der Waals surface area (Å²) in [7, 11) is 1.49. The zero-order valence-electron chi connectivity index (χ0n) is 8.64. The predicted molar refractivity (Wildman–Crippen MR) is 59.2 cm³/mol. The van der Waals surface area contributed by atoms with E-state index in [2.05, 4.69) is 15.0 Å². The minimum Gasteiger partial charge on any atom is -0.480 e. The van der Waals surface area contributed by atoms with Gasteiger partial charge in [0.15, 0.2) is 5.16 Å². The van der Waals surface area contributed by atoms with Crippen LogP contribution in [0.3, 0.4) is 0 Å². The largest absolute Gasteiger partial charge is 0.480 e. The summed E-state index contributed by atoms with van der Waals surface area (Å²) in [5.74, 6) is -0.663. The first-order chi connectivity index (χ1) is 7.65. The van der Waals surface area contributed by atoms with Crippen LogP contribution in [0.1, 0.15) is 10.5 Å². The van der Waals surface area contributed by atoms with Gasteiger partial charge in [-0.25, -0.2) is 9.78 Å². The second-order valence-electron chi connectivity index (χ2n) is 2.97. The Kier molecular flexibility index (Phi) is 2.69. The van der Waals surface area contributed by atoms with Crippen molar-refractivity contribution in [3.05, 3.63) is 11.8 Å². The van der Waals surface area contributed by atoms with E-state index in [1.165, 1.54) is 24.9 Å². The number of methoxy groups -OCH3 is 1. The molecule has 0 aromatic carbocycles. The molecule has 0 fully saturated rings. The number of carboxylic acids is 1. The van der Waals surface area contributed by atoms with Gasteiger partial charge in [0, 0.05) is 0 Å². The topological polar surface area (TPSA) is 88.1 Å². The van der Waals surface area contributed by atoms with E-state index in [-0.39, 0.29) is 5.69 Å². The number of nitrogens with one attached hydrogen (secondary N) is 1. The predicted octanol–water partition coefficient (Wildman–Crippen LogP) is 1.39. The standard InChI is InChI=1S/C9H9N3O3S/c1-15-7-4-3-5(8(13)14)10-6(4)11-9(12-7)16-2/h3H,1-2H3,(H,13,14)(H,10,11,12). The molecule has 2 N–H and O–H groups in total. The van der Waals surface area contributed by atoms with Crippen LogP contribution in [0.15, 0.2) is 11.2 Å². The molecule has 0 aliphatic rings. The Morgan fingerprint density at radius 1 is 1.56 bits per heavy atom. The van der Waals surface area contributed by atoms with Gasteiger partial charge < -0.3 is 14.8 Å². The summed E-state index contributed by atoms with van der Waals surface area (Å²) < 4.78 is 5.09. The number of carboxylic acid groups (broad SMARTS) is 1. The molecule has 0 radical (unpaired) electrons. The van der Waals surface area contributed by atoms with Gasteiger partial charge in [-0.3, -0.25) is 0 Å². The molecule has 0 bridgehead atoms. The van der Waals surface area contributed by atoms with Crippen molar-refractivity contribution in [2.45, 2.75) is 5.16 Å². The van der Waals surface area contributed by atoms with Crippen molar-refractivity contribution in [3.8, 4) is 5.88 Å². The average molecular weight is 239 g/mol. The van der Waals surface area contributed by atoms with Crippen molar-refractivity contribution in [1.82, 2.24) is 15.0 Å². The molecule has 2 heterocycles. The fourth-order valence-electron chi connectivity index (χ4n) is 1.32. The van der Waals surface area contributed by atoms with Gasteiger partial charge in [0.2, 0.25) is 5.88 Å². The Morgan fingerprint density at radius 2 is 2.31 bits per heavy atom. The molecule has 0 aliphatic heterocycles. The Bertz CT molecular complexity index is 552. The Hall–Kier alpha value is -1.76. The maximum Gasteiger partial charge on any atom is 0.352 e. The van der Waals surface area contributed by atoms with Crippen LogP contribution in [-0.4, -0.2) is 39.4 Å². The van der Waals surface area contributed by atoms with Crippen molar-refractivity contribution in [3.63, 3.8) is 0 Å². The van der Waals surface area contributed by atoms with E-state index in [9.17, 15) is 4.79 Å². The summed E-state index contributed by atoms with van der Waals surface area (Å²) >= 11 is 1.36. The number of aromatic carboxylic acids is 1. The lowest BCUT2D eigenvalue weighted by Gasteiger charge is -2.01. The fraction of sp³-hybridized carbons (Fsp3) is 0.222. The minimum absolute atomic E-state index is 0.0702. The first-order valence-electron chi connectivity index (χ1n) is 4.37. The van der Waals surface area contributed by atoms with Gasteiger partial charge in [0.25, 0.3) is 0 Å². The molecular formula is C9H9N3O3S. The van der Waals surface area contributed by atoms with E-state index in [1.807, 2.05) is 6.26 Å². The molecule has 2 aromatic heterocycles. The number of hydrogen-bond acceptors (Lipinski definition) is 5. The molecule has 0 atom stereocenters. The number of hydrogen-bond donors (Lipinski definition) is 2. The Labute approximate surface area is 95.0 Å². The Balaban J connectivity index is 2.69. The van der Waals surface area contributed by atoms with E-state index in [0.29, 0.717) is 22.1 Å². The van der Waals surface area contributed by atoms with Crippen LogP contribution in [0.5, 0.6) is 5.88 Å². The number of H-pyrrole nitrogens is 1. The molecular weight excluding hydrogens is 230 g/mol. The molecule has 0 amide bonds. The second kappa shape index (κ2) is 4.01. The molecule has 0 aliphatic carbocycles. The lowest BCUT2D eigenvalue weighted by molar-refractivity contribution is 0.0691. The van der Waals surface area contributed by atoms with Crippen molar-refractivity contribution in [2.24, 2.45) is 0 Å². The molecule has 7 heteroatoms.